The molecule has 0 spiro atoms. The van der Waals surface area contributed by atoms with Crippen molar-refractivity contribution in [1.82, 2.24) is 48.0 Å². The maximum atomic E-state index is 15.0. The van der Waals surface area contributed by atoms with E-state index in [1.165, 1.54) is 0 Å². The SMILES string of the molecule is CC(C)CC(NC(=O)[C@H](CCCCN)NC(=O)C(CCCN=C(N)N)NN)C(=O)N[C@@H](CCC(=O)O)C(=O)NC(CC(N)=O)C(=O)N[C@@H](CCCN=C(N)N)C(=O)NC(CCCN=C(N)N)C(=O)N[C@@H](CCC(N)=O)C(=O)C(=O)[C@H](CCCN=C(N)N)NC1(C)CCCCCC/C=C\CCCC(C)(C(N)=O)C1. The first-order valence-corrected chi connectivity index (χ1v) is 36.5. The number of carbonyl (C=O) groups excluding carboxylic acids is 12. The fourth-order valence-electron chi connectivity index (χ4n) is 12.1. The van der Waals surface area contributed by atoms with Crippen LogP contribution in [0.25, 0.3) is 0 Å². The number of carbonyl (C=O) groups is 13. The molecule has 6 unspecified atom stereocenters. The van der Waals surface area contributed by atoms with E-state index in [1.807, 2.05) is 6.92 Å². The number of unbranched alkanes of at least 4 members (excludes halogenated alkanes) is 1. The summed E-state index contributed by atoms with van der Waals surface area (Å²) in [7, 11) is 0. The second-order valence-electron chi connectivity index (χ2n) is 27.9. The summed E-state index contributed by atoms with van der Waals surface area (Å²) in [6.07, 6.45) is 7.98. The maximum Gasteiger partial charge on any atom is 0.303 e. The second-order valence-corrected chi connectivity index (χ2v) is 27.9. The highest BCUT2D eigenvalue weighted by atomic mass is 16.4. The first-order valence-electron chi connectivity index (χ1n) is 36.5. The second kappa shape index (κ2) is 51.4. The van der Waals surface area contributed by atoms with Gasteiger partial charge in [-0.15, -0.1) is 0 Å². The third-order valence-electron chi connectivity index (χ3n) is 17.7. The number of hydrogen-bond acceptors (Lipinski definition) is 21. The maximum absolute atomic E-state index is 15.0. The fraction of sp³-hybridized carbons (Fsp3) is 0.716. The monoisotopic (exact) mass is 1520 g/mol. The van der Waals surface area contributed by atoms with E-state index in [4.69, 9.17) is 74.6 Å². The number of hydrazine groups is 1. The largest absolute Gasteiger partial charge is 0.481 e. The number of allylic oxidation sites excluding steroid dienone is 2. The first kappa shape index (κ1) is 95.2. The molecule has 0 saturated carbocycles. The van der Waals surface area contributed by atoms with E-state index >= 15 is 0 Å². The zero-order valence-electron chi connectivity index (χ0n) is 62.6. The Kier molecular flexibility index (Phi) is 45.7. The number of primary amides is 3. The highest BCUT2D eigenvalue weighted by molar-refractivity contribution is 6.41. The van der Waals surface area contributed by atoms with Crippen LogP contribution < -0.4 is 123 Å². The Morgan fingerprint density at radius 1 is 0.421 bits per heavy atom. The van der Waals surface area contributed by atoms with Crippen LogP contribution in [0.4, 0.5) is 0 Å². The van der Waals surface area contributed by atoms with Crippen molar-refractivity contribution in [2.24, 2.45) is 106 Å². The number of carboxylic acids is 1. The summed E-state index contributed by atoms with van der Waals surface area (Å²) in [4.78, 5) is 197. The third-order valence-corrected chi connectivity index (χ3v) is 17.7. The molecule has 0 radical (unpaired) electrons. The summed E-state index contributed by atoms with van der Waals surface area (Å²) >= 11 is 0. The van der Waals surface area contributed by atoms with Crippen molar-refractivity contribution in [2.75, 3.05) is 32.7 Å². The lowest BCUT2D eigenvalue weighted by Crippen LogP contribution is -2.61. The van der Waals surface area contributed by atoms with Gasteiger partial charge in [0, 0.05) is 50.0 Å². The third kappa shape index (κ3) is 41.0. The molecule has 1 rings (SSSR count). The van der Waals surface area contributed by atoms with Crippen LogP contribution in [0.5, 0.6) is 0 Å². The molecule has 606 valence electrons. The molecule has 107 heavy (non-hydrogen) atoms. The smallest absolute Gasteiger partial charge is 0.303 e. The molecule has 0 bridgehead atoms. The van der Waals surface area contributed by atoms with E-state index in [-0.39, 0.29) is 127 Å². The van der Waals surface area contributed by atoms with Gasteiger partial charge in [0.2, 0.25) is 70.6 Å². The normalized spacial score (nSPS) is 18.2. The van der Waals surface area contributed by atoms with Gasteiger partial charge in [-0.3, -0.25) is 88.1 Å². The number of nitrogens with one attached hydrogen (secondary N) is 9. The number of rotatable bonds is 51. The van der Waals surface area contributed by atoms with Gasteiger partial charge < -0.3 is 116 Å². The summed E-state index contributed by atoms with van der Waals surface area (Å²) in [5.41, 5.74) is 67.8. The van der Waals surface area contributed by atoms with Crippen molar-refractivity contribution in [3.05, 3.63) is 12.2 Å². The number of nitrogens with two attached hydrogens (primary N) is 13. The summed E-state index contributed by atoms with van der Waals surface area (Å²) in [6.45, 7) is 7.23. The molecule has 0 aromatic carbocycles. The minimum atomic E-state index is -1.98. The summed E-state index contributed by atoms with van der Waals surface area (Å²) in [5.74, 6) is -9.16. The number of guanidine groups is 4. The van der Waals surface area contributed by atoms with E-state index < -0.39 is 174 Å². The Bertz CT molecular complexity index is 3060. The molecule has 1 aliphatic carbocycles. The molecule has 1 aliphatic rings. The molecular weight excluding hydrogens is 1390 g/mol. The van der Waals surface area contributed by atoms with E-state index in [9.17, 15) is 67.4 Å². The Morgan fingerprint density at radius 3 is 1.22 bits per heavy atom. The zero-order valence-corrected chi connectivity index (χ0v) is 62.6. The van der Waals surface area contributed by atoms with Crippen molar-refractivity contribution < 1.29 is 67.4 Å². The van der Waals surface area contributed by atoms with Crippen LogP contribution in [0, 0.1) is 11.3 Å². The Labute approximate surface area is 625 Å². The molecule has 0 aromatic rings. The van der Waals surface area contributed by atoms with Crippen molar-refractivity contribution in [2.45, 2.75) is 261 Å². The van der Waals surface area contributed by atoms with Gasteiger partial charge in [-0.05, 0) is 154 Å². The van der Waals surface area contributed by atoms with E-state index in [0.29, 0.717) is 51.4 Å². The number of aliphatic imine (C=N–C) groups is 4. The molecule has 11 atom stereocenters. The Balaban J connectivity index is 3.95. The highest BCUT2D eigenvalue weighted by Crippen LogP contribution is 2.37. The van der Waals surface area contributed by atoms with E-state index in [1.54, 1.807) is 20.8 Å². The molecular formula is C67H124N26O14. The average Bonchev–Trinajstić information content (AvgIpc) is 0.810. The number of ketones is 2. The van der Waals surface area contributed by atoms with Gasteiger partial charge in [0.15, 0.2) is 23.8 Å². The molecule has 0 aliphatic heterocycles. The number of amides is 10. The lowest BCUT2D eigenvalue weighted by molar-refractivity contribution is -0.141. The first-order chi connectivity index (χ1) is 50.4. The van der Waals surface area contributed by atoms with Crippen LogP contribution in [0.15, 0.2) is 32.1 Å². The molecule has 40 nitrogen and oxygen atoms in total. The molecule has 0 fully saturated rings. The molecule has 0 aromatic heterocycles. The van der Waals surface area contributed by atoms with Crippen molar-refractivity contribution >= 4 is 100 Å². The Morgan fingerprint density at radius 2 is 0.794 bits per heavy atom. The Hall–Kier alpha value is -9.83. The average molecular weight is 1520 g/mol. The highest BCUT2D eigenvalue weighted by Gasteiger charge is 2.43. The lowest BCUT2D eigenvalue weighted by atomic mass is 9.71. The van der Waals surface area contributed by atoms with Gasteiger partial charge in [-0.1, -0.05) is 52.2 Å². The van der Waals surface area contributed by atoms with Crippen LogP contribution in [-0.4, -0.2) is 198 Å². The zero-order chi connectivity index (χ0) is 80.8. The van der Waals surface area contributed by atoms with Gasteiger partial charge in [-0.2, -0.15) is 0 Å². The molecule has 0 saturated heterocycles. The van der Waals surface area contributed by atoms with Gasteiger partial charge >= 0.3 is 5.97 Å². The van der Waals surface area contributed by atoms with Gasteiger partial charge in [0.1, 0.15) is 36.3 Å². The molecule has 10 amide bonds. The summed E-state index contributed by atoms with van der Waals surface area (Å²) < 4.78 is 0. The van der Waals surface area contributed by atoms with E-state index in [2.05, 4.69) is 80.1 Å². The van der Waals surface area contributed by atoms with Crippen LogP contribution in [0.1, 0.15) is 201 Å². The standard InChI is InChI=1S/C67H124N26O14/c1-39(2)36-47(90-56(102)42(20-12-15-31-68)87-58(104)46(93-80)24-19-35-84-65(78)79)59(105)89-45(26-28-51(96)97)57(103)91-48(37-50(70)95)60(106)88-44(23-18-34-83-64(76)77)55(101)86-43(22-17-33-82-63(74)75)54(100)85-40(25-27-49(69)94)52(98)53(99)41(21-16-32-81-62(72)73)92-67(4)30-14-11-9-7-5-6-8-10-13-29-66(3,38-67)61(71)107/h6,8,39-48,92-93H,5,7,9-38,68,80H2,1-4H3,(H2,69,94)(H2,70,95)(H2,71,107)(H,85,100)(H,86,101)(H,87,104)(H,88,106)(H,89,105)(H,90,102)(H,91,103)(H,96,97)(H4,72,73,81)(H4,74,75,82)(H4,76,77,83)(H4,78,79,84)/b8-6-/t40-,41-,42-,43?,44-,45-,46?,47?,48?,66?,67?/m0/s1. The molecule has 40 heteroatoms. The summed E-state index contributed by atoms with van der Waals surface area (Å²) in [5, 5.41) is 30.8. The minimum Gasteiger partial charge on any atom is -0.481 e. The lowest BCUT2D eigenvalue weighted by Gasteiger charge is -2.41. The minimum absolute atomic E-state index is 0.0357. The van der Waals surface area contributed by atoms with Gasteiger partial charge in [0.05, 0.1) is 24.5 Å². The van der Waals surface area contributed by atoms with E-state index in [0.717, 1.165) is 25.7 Å². The van der Waals surface area contributed by atoms with Crippen LogP contribution in [0.2, 0.25) is 0 Å². The molecule has 36 N–H and O–H groups in total. The van der Waals surface area contributed by atoms with Crippen LogP contribution in [0.3, 0.4) is 0 Å². The van der Waals surface area contributed by atoms with Crippen molar-refractivity contribution in [3.8, 4) is 0 Å². The van der Waals surface area contributed by atoms with Gasteiger partial charge in [-0.25, -0.2) is 5.43 Å². The van der Waals surface area contributed by atoms with Crippen LogP contribution in [-0.2, 0) is 62.3 Å². The number of Topliss-reactive ketones (excluding diaryl/α,β-unsaturated/α-hetero) is 2. The van der Waals surface area contributed by atoms with Crippen molar-refractivity contribution in [3.63, 3.8) is 0 Å². The predicted molar refractivity (Wildman–Crippen MR) is 404 cm³/mol. The number of hydrogen-bond donors (Lipinski definition) is 23. The quantitative estimate of drug-likeness (QED) is 0.00514. The van der Waals surface area contributed by atoms with Crippen molar-refractivity contribution in [1.29, 1.82) is 0 Å². The fourth-order valence-corrected chi connectivity index (χ4v) is 12.1. The van der Waals surface area contributed by atoms with Crippen LogP contribution >= 0.6 is 0 Å². The number of aliphatic carboxylic acids is 1. The number of carboxylic acid groups (broad SMARTS) is 1. The molecule has 0 heterocycles. The predicted octanol–water partition coefficient (Wildman–Crippen LogP) is -5.58. The van der Waals surface area contributed by atoms with Gasteiger partial charge in [0.25, 0.3) is 0 Å². The summed E-state index contributed by atoms with van der Waals surface area (Å²) in [6, 6.07) is -14.0. The topological polar surface area (TPSA) is 738 Å². The number of nitrogens with zero attached hydrogens (tertiary/aromatic N) is 4.